The van der Waals surface area contributed by atoms with Crippen LogP contribution in [-0.4, -0.2) is 37.1 Å². The lowest BCUT2D eigenvalue weighted by atomic mass is 9.98. The van der Waals surface area contributed by atoms with E-state index in [-0.39, 0.29) is 17.7 Å². The van der Waals surface area contributed by atoms with Crippen molar-refractivity contribution in [3.05, 3.63) is 65.7 Å². The van der Waals surface area contributed by atoms with E-state index in [0.717, 1.165) is 37.1 Å². The van der Waals surface area contributed by atoms with E-state index < -0.39 is 6.61 Å². The lowest BCUT2D eigenvalue weighted by Gasteiger charge is -2.30. The Morgan fingerprint density at radius 3 is 2.29 bits per heavy atom. The zero-order valence-corrected chi connectivity index (χ0v) is 16.0. The van der Waals surface area contributed by atoms with Gasteiger partial charge in [0.25, 0.3) is 0 Å². The predicted molar refractivity (Wildman–Crippen MR) is 104 cm³/mol. The number of hydrogen-bond acceptors (Lipinski definition) is 3. The number of halogens is 2. The Balaban J connectivity index is 1.71. The summed E-state index contributed by atoms with van der Waals surface area (Å²) in [7, 11) is 0. The highest BCUT2D eigenvalue weighted by Crippen LogP contribution is 2.25. The molecule has 0 aromatic heterocycles. The summed E-state index contributed by atoms with van der Waals surface area (Å²) in [5.74, 6) is 0.765. The Bertz CT molecular complexity index is 745. The molecule has 28 heavy (non-hydrogen) atoms. The van der Waals surface area contributed by atoms with Crippen molar-refractivity contribution in [2.24, 2.45) is 5.92 Å². The van der Waals surface area contributed by atoms with Gasteiger partial charge in [0.1, 0.15) is 5.75 Å². The van der Waals surface area contributed by atoms with Crippen LogP contribution in [0.25, 0.3) is 0 Å². The number of benzene rings is 2. The smallest absolute Gasteiger partial charge is 0.387 e. The molecule has 0 saturated carbocycles. The van der Waals surface area contributed by atoms with Gasteiger partial charge >= 0.3 is 6.61 Å². The van der Waals surface area contributed by atoms with Crippen LogP contribution < -0.4 is 10.1 Å². The summed E-state index contributed by atoms with van der Waals surface area (Å²) in [5, 5.41) is 3.10. The van der Waals surface area contributed by atoms with E-state index >= 15 is 0 Å². The van der Waals surface area contributed by atoms with Crippen LogP contribution in [0.3, 0.4) is 0 Å². The van der Waals surface area contributed by atoms with Crippen molar-refractivity contribution in [1.82, 2.24) is 10.2 Å². The molecule has 3 rings (SSSR count). The molecule has 0 bridgehead atoms. The van der Waals surface area contributed by atoms with Crippen LogP contribution in [0.4, 0.5) is 8.78 Å². The maximum absolute atomic E-state index is 12.7. The molecule has 0 aliphatic carbocycles. The number of piperidine rings is 1. The normalized spacial score (nSPS) is 16.7. The molecule has 0 radical (unpaired) electrons. The van der Waals surface area contributed by atoms with Gasteiger partial charge in [0.15, 0.2) is 0 Å². The van der Waals surface area contributed by atoms with E-state index in [4.69, 9.17) is 0 Å². The number of hydrogen-bond donors (Lipinski definition) is 1. The van der Waals surface area contributed by atoms with E-state index in [1.54, 1.807) is 12.1 Å². The van der Waals surface area contributed by atoms with Crippen molar-refractivity contribution in [2.75, 3.05) is 19.6 Å². The summed E-state index contributed by atoms with van der Waals surface area (Å²) >= 11 is 0. The van der Waals surface area contributed by atoms with Crippen LogP contribution in [-0.2, 0) is 4.79 Å². The number of carbonyl (C=O) groups is 1. The molecular weight excluding hydrogens is 362 g/mol. The van der Waals surface area contributed by atoms with Crippen molar-refractivity contribution in [3.8, 4) is 5.75 Å². The first-order valence-electron chi connectivity index (χ1n) is 9.62. The number of likely N-dealkylation sites (tertiary alicyclic amines) is 1. The Hall–Kier alpha value is -2.47. The number of rotatable bonds is 7. The van der Waals surface area contributed by atoms with Crippen molar-refractivity contribution >= 4 is 5.91 Å². The molecule has 1 atom stereocenters. The van der Waals surface area contributed by atoms with Crippen LogP contribution in [0, 0.1) is 5.92 Å². The van der Waals surface area contributed by atoms with Crippen molar-refractivity contribution in [3.63, 3.8) is 0 Å². The molecule has 1 amide bonds. The standard InChI is InChI=1S/C22H26F2N2O2/c1-16-11-13-26(14-12-16)15-20(27)25-21(17-5-3-2-4-6-17)18-7-9-19(10-8-18)28-22(23)24/h2-10,16,21-22H,11-15H2,1H3,(H,25,27)/t21-/m1/s1. The monoisotopic (exact) mass is 388 g/mol. The molecule has 1 aliphatic heterocycles. The van der Waals surface area contributed by atoms with Crippen molar-refractivity contribution in [2.45, 2.75) is 32.4 Å². The van der Waals surface area contributed by atoms with Crippen LogP contribution in [0.5, 0.6) is 5.75 Å². The van der Waals surface area contributed by atoms with Gasteiger partial charge in [-0.15, -0.1) is 0 Å². The van der Waals surface area contributed by atoms with Gasteiger partial charge in [-0.1, -0.05) is 49.4 Å². The summed E-state index contributed by atoms with van der Waals surface area (Å²) in [6.45, 7) is 1.62. The molecule has 2 aromatic carbocycles. The number of amides is 1. The van der Waals surface area contributed by atoms with Gasteiger partial charge in [-0.05, 0) is 55.1 Å². The van der Waals surface area contributed by atoms with Crippen LogP contribution in [0.1, 0.15) is 36.9 Å². The van der Waals surface area contributed by atoms with E-state index in [1.807, 2.05) is 30.3 Å². The summed E-state index contributed by atoms with van der Waals surface area (Å²) in [6.07, 6.45) is 2.22. The highest BCUT2D eigenvalue weighted by atomic mass is 19.3. The second-order valence-electron chi connectivity index (χ2n) is 7.32. The third-order valence-electron chi connectivity index (χ3n) is 5.12. The Morgan fingerprint density at radius 2 is 1.68 bits per heavy atom. The minimum atomic E-state index is -2.86. The fourth-order valence-electron chi connectivity index (χ4n) is 3.48. The number of nitrogens with one attached hydrogen (secondary N) is 1. The lowest BCUT2D eigenvalue weighted by molar-refractivity contribution is -0.123. The molecule has 1 N–H and O–H groups in total. The molecule has 150 valence electrons. The highest BCUT2D eigenvalue weighted by molar-refractivity contribution is 5.79. The average molecular weight is 388 g/mol. The predicted octanol–water partition coefficient (Wildman–Crippen LogP) is 4.23. The number of carbonyl (C=O) groups excluding carboxylic acids is 1. The summed E-state index contributed by atoms with van der Waals surface area (Å²) in [6, 6.07) is 15.7. The zero-order chi connectivity index (χ0) is 19.9. The molecule has 6 heteroatoms. The van der Waals surface area contributed by atoms with Crippen molar-refractivity contribution < 1.29 is 18.3 Å². The third-order valence-corrected chi connectivity index (χ3v) is 5.12. The zero-order valence-electron chi connectivity index (χ0n) is 16.0. The topological polar surface area (TPSA) is 41.6 Å². The first kappa shape index (κ1) is 20.3. The van der Waals surface area contributed by atoms with Gasteiger partial charge in [-0.3, -0.25) is 9.69 Å². The quantitative estimate of drug-likeness (QED) is 0.772. The molecular formula is C22H26F2N2O2. The third kappa shape index (κ3) is 5.76. The molecule has 0 unspecified atom stereocenters. The van der Waals surface area contributed by atoms with Crippen LogP contribution in [0.2, 0.25) is 0 Å². The fourth-order valence-corrected chi connectivity index (χ4v) is 3.48. The summed E-state index contributed by atoms with van der Waals surface area (Å²) < 4.78 is 29.2. The summed E-state index contributed by atoms with van der Waals surface area (Å²) in [5.41, 5.74) is 1.75. The number of ether oxygens (including phenoxy) is 1. The van der Waals surface area contributed by atoms with Gasteiger partial charge < -0.3 is 10.1 Å². The molecule has 1 aliphatic rings. The number of alkyl halides is 2. The first-order chi connectivity index (χ1) is 13.5. The number of nitrogens with zero attached hydrogens (tertiary/aromatic N) is 1. The van der Waals surface area contributed by atoms with Gasteiger partial charge in [-0.2, -0.15) is 8.78 Å². The van der Waals surface area contributed by atoms with Gasteiger partial charge in [0, 0.05) is 0 Å². The van der Waals surface area contributed by atoms with Gasteiger partial charge in [0.2, 0.25) is 5.91 Å². The maximum Gasteiger partial charge on any atom is 0.387 e. The largest absolute Gasteiger partial charge is 0.435 e. The lowest BCUT2D eigenvalue weighted by Crippen LogP contribution is -2.42. The first-order valence-corrected chi connectivity index (χ1v) is 9.62. The van der Waals surface area contributed by atoms with Crippen LogP contribution in [0.15, 0.2) is 54.6 Å². The van der Waals surface area contributed by atoms with E-state index in [0.29, 0.717) is 12.5 Å². The van der Waals surface area contributed by atoms with E-state index in [9.17, 15) is 13.6 Å². The molecule has 2 aromatic rings. The molecule has 1 fully saturated rings. The minimum absolute atomic E-state index is 0.0451. The maximum atomic E-state index is 12.7. The molecule has 4 nitrogen and oxygen atoms in total. The van der Waals surface area contributed by atoms with E-state index in [2.05, 4.69) is 21.9 Å². The average Bonchev–Trinajstić information content (AvgIpc) is 2.69. The van der Waals surface area contributed by atoms with Gasteiger partial charge in [0.05, 0.1) is 12.6 Å². The second kappa shape index (κ2) is 9.64. The summed E-state index contributed by atoms with van der Waals surface area (Å²) in [4.78, 5) is 14.9. The fraction of sp³-hybridized carbons (Fsp3) is 0.409. The van der Waals surface area contributed by atoms with E-state index in [1.165, 1.54) is 12.1 Å². The molecule has 0 spiro atoms. The Kier molecular flexibility index (Phi) is 6.98. The molecule has 1 saturated heterocycles. The van der Waals surface area contributed by atoms with Crippen molar-refractivity contribution in [1.29, 1.82) is 0 Å². The second-order valence-corrected chi connectivity index (χ2v) is 7.32. The Labute approximate surface area is 164 Å². The molecule has 1 heterocycles. The SMILES string of the molecule is CC1CCN(CC(=O)N[C@H](c2ccccc2)c2ccc(OC(F)F)cc2)CC1. The highest BCUT2D eigenvalue weighted by Gasteiger charge is 2.21. The van der Waals surface area contributed by atoms with Crippen LogP contribution >= 0.6 is 0 Å². The minimum Gasteiger partial charge on any atom is -0.435 e. The Morgan fingerprint density at radius 1 is 1.07 bits per heavy atom. The van der Waals surface area contributed by atoms with Gasteiger partial charge in [-0.25, -0.2) is 0 Å².